The predicted molar refractivity (Wildman–Crippen MR) is 130 cm³/mol. The minimum atomic E-state index is -0.668. The van der Waals surface area contributed by atoms with Crippen molar-refractivity contribution in [3.05, 3.63) is 87.0 Å². The lowest BCUT2D eigenvalue weighted by Gasteiger charge is -2.12. The number of anilines is 1. The topological polar surface area (TPSA) is 110 Å². The van der Waals surface area contributed by atoms with Gasteiger partial charge < -0.3 is 9.73 Å². The Hall–Kier alpha value is -4.11. The number of nitrogens with one attached hydrogen (secondary N) is 2. The van der Waals surface area contributed by atoms with Gasteiger partial charge >= 0.3 is 0 Å². The molecule has 0 radical (unpaired) electrons. The fourth-order valence-electron chi connectivity index (χ4n) is 3.54. The van der Waals surface area contributed by atoms with Crippen LogP contribution < -0.4 is 10.6 Å². The van der Waals surface area contributed by atoms with Crippen LogP contribution in [0.15, 0.2) is 59.0 Å². The Morgan fingerprint density at radius 1 is 1.06 bits per heavy atom. The van der Waals surface area contributed by atoms with Gasteiger partial charge in [-0.2, -0.15) is 0 Å². The number of carbonyl (C=O) groups is 1. The average Bonchev–Trinajstić information content (AvgIpc) is 3.19. The summed E-state index contributed by atoms with van der Waals surface area (Å²) in [4.78, 5) is 27.7. The minimum Gasteiger partial charge on any atom is -0.436 e. The highest BCUT2D eigenvalue weighted by Crippen LogP contribution is 2.30. The second-order valence-electron chi connectivity index (χ2n) is 7.66. The normalized spacial score (nSPS) is 10.8. The van der Waals surface area contributed by atoms with E-state index in [1.54, 1.807) is 6.07 Å². The summed E-state index contributed by atoms with van der Waals surface area (Å²) in [5.74, 6) is -0.199. The van der Waals surface area contributed by atoms with Gasteiger partial charge in [-0.05, 0) is 73.9 Å². The first-order chi connectivity index (χ1) is 15.7. The van der Waals surface area contributed by atoms with E-state index in [1.165, 1.54) is 18.2 Å². The van der Waals surface area contributed by atoms with Crippen LogP contribution in [0.25, 0.3) is 22.6 Å². The van der Waals surface area contributed by atoms with Crippen molar-refractivity contribution in [1.29, 1.82) is 0 Å². The Morgan fingerprint density at radius 3 is 2.58 bits per heavy atom. The van der Waals surface area contributed by atoms with Crippen molar-refractivity contribution in [2.45, 2.75) is 20.8 Å². The van der Waals surface area contributed by atoms with Crippen LogP contribution in [0, 0.1) is 30.9 Å². The molecule has 2 N–H and O–H groups in total. The Labute approximate surface area is 194 Å². The van der Waals surface area contributed by atoms with Crippen LogP contribution in [0.3, 0.4) is 0 Å². The number of rotatable bonds is 4. The molecule has 0 aliphatic heterocycles. The number of nitrogens with zero attached hydrogens (tertiary/aromatic N) is 2. The second-order valence-corrected chi connectivity index (χ2v) is 8.07. The number of carbonyl (C=O) groups excluding carboxylic acids is 1. The highest BCUT2D eigenvalue weighted by Gasteiger charge is 2.20. The Morgan fingerprint density at radius 2 is 1.82 bits per heavy atom. The van der Waals surface area contributed by atoms with Gasteiger partial charge in [-0.15, -0.1) is 0 Å². The number of hydrogen-bond acceptors (Lipinski definition) is 6. The average molecular weight is 461 g/mol. The minimum absolute atomic E-state index is 0.0161. The maximum atomic E-state index is 12.5. The summed E-state index contributed by atoms with van der Waals surface area (Å²) in [6.45, 7) is 5.87. The summed E-state index contributed by atoms with van der Waals surface area (Å²) in [7, 11) is 0. The van der Waals surface area contributed by atoms with Crippen molar-refractivity contribution >= 4 is 45.7 Å². The van der Waals surface area contributed by atoms with E-state index < -0.39 is 10.8 Å². The monoisotopic (exact) mass is 460 g/mol. The lowest BCUT2D eigenvalue weighted by Crippen LogP contribution is -2.34. The fraction of sp³-hybridized carbons (Fsp3) is 0.125. The van der Waals surface area contributed by atoms with Gasteiger partial charge in [-0.1, -0.05) is 24.3 Å². The number of benzene rings is 3. The molecule has 4 rings (SSSR count). The molecule has 0 saturated carbocycles. The van der Waals surface area contributed by atoms with Crippen LogP contribution in [0.4, 0.5) is 11.4 Å². The van der Waals surface area contributed by atoms with Gasteiger partial charge in [0.15, 0.2) is 10.7 Å². The summed E-state index contributed by atoms with van der Waals surface area (Å²) < 4.78 is 5.99. The highest BCUT2D eigenvalue weighted by atomic mass is 32.1. The van der Waals surface area contributed by atoms with Crippen molar-refractivity contribution in [2.75, 3.05) is 5.32 Å². The van der Waals surface area contributed by atoms with E-state index >= 15 is 0 Å². The third kappa shape index (κ3) is 4.58. The van der Waals surface area contributed by atoms with E-state index in [1.807, 2.05) is 51.1 Å². The molecule has 8 nitrogen and oxygen atoms in total. The van der Waals surface area contributed by atoms with Gasteiger partial charge in [0.1, 0.15) is 11.1 Å². The van der Waals surface area contributed by atoms with Gasteiger partial charge in [-0.25, -0.2) is 4.98 Å². The number of fused-ring (bicyclic) bond motifs is 1. The first kappa shape index (κ1) is 22.1. The van der Waals surface area contributed by atoms with Gasteiger partial charge in [0.2, 0.25) is 5.89 Å². The highest BCUT2D eigenvalue weighted by molar-refractivity contribution is 7.80. The first-order valence-electron chi connectivity index (χ1n) is 10.1. The Kier molecular flexibility index (Phi) is 5.89. The zero-order valence-electron chi connectivity index (χ0n) is 18.1. The molecule has 0 aliphatic carbocycles. The molecule has 166 valence electrons. The van der Waals surface area contributed by atoms with Crippen LogP contribution in [0.1, 0.15) is 27.0 Å². The van der Waals surface area contributed by atoms with Gasteiger partial charge in [0.25, 0.3) is 11.6 Å². The molecule has 0 aliphatic rings. The zero-order chi connectivity index (χ0) is 23.7. The number of para-hydroxylation sites is 1. The number of aromatic nitrogens is 1. The van der Waals surface area contributed by atoms with Crippen LogP contribution in [0.5, 0.6) is 0 Å². The lowest BCUT2D eigenvalue weighted by atomic mass is 10.1. The number of oxazole rings is 1. The molecular weight excluding hydrogens is 440 g/mol. The summed E-state index contributed by atoms with van der Waals surface area (Å²) in [5.41, 5.74) is 5.53. The molecule has 9 heteroatoms. The van der Waals surface area contributed by atoms with Crippen molar-refractivity contribution in [1.82, 2.24) is 10.3 Å². The SMILES string of the molecule is Cc1cc(C)c2oc(-c3ccc(C)c(NC(=S)NC(=O)c4ccccc4[N+](=O)[O-])c3)nc2c1. The number of amides is 1. The standard InChI is InChI=1S/C24H20N4O4S/c1-13-10-15(3)21-19(11-13)25-23(32-21)16-9-8-14(2)18(12-16)26-24(33)27-22(29)17-6-4-5-7-20(17)28(30)31/h4-12H,1-3H3,(H2,26,27,29,33). The number of hydrogen-bond donors (Lipinski definition) is 2. The fourth-order valence-corrected chi connectivity index (χ4v) is 3.74. The van der Waals surface area contributed by atoms with E-state index in [2.05, 4.69) is 15.6 Å². The van der Waals surface area contributed by atoms with E-state index in [-0.39, 0.29) is 16.4 Å². The third-order valence-electron chi connectivity index (χ3n) is 5.13. The molecule has 0 spiro atoms. The predicted octanol–water partition coefficient (Wildman–Crippen LogP) is 5.46. The number of aryl methyl sites for hydroxylation is 3. The maximum Gasteiger partial charge on any atom is 0.282 e. The molecule has 0 atom stereocenters. The van der Waals surface area contributed by atoms with E-state index in [0.29, 0.717) is 11.6 Å². The molecule has 0 saturated heterocycles. The quantitative estimate of drug-likeness (QED) is 0.236. The van der Waals surface area contributed by atoms with Crippen molar-refractivity contribution < 1.29 is 14.1 Å². The van der Waals surface area contributed by atoms with Crippen LogP contribution in [0.2, 0.25) is 0 Å². The van der Waals surface area contributed by atoms with E-state index in [0.717, 1.165) is 33.4 Å². The van der Waals surface area contributed by atoms with Crippen LogP contribution in [-0.4, -0.2) is 20.9 Å². The van der Waals surface area contributed by atoms with Crippen LogP contribution >= 0.6 is 12.2 Å². The molecule has 3 aromatic carbocycles. The van der Waals surface area contributed by atoms with E-state index in [9.17, 15) is 14.9 Å². The third-order valence-corrected chi connectivity index (χ3v) is 5.33. The number of nitro benzene ring substituents is 1. The molecule has 0 fully saturated rings. The van der Waals surface area contributed by atoms with Gasteiger partial charge in [0.05, 0.1) is 4.92 Å². The Bertz CT molecular complexity index is 1430. The number of nitro groups is 1. The molecule has 1 amide bonds. The second kappa shape index (κ2) is 8.79. The molecule has 1 heterocycles. The smallest absolute Gasteiger partial charge is 0.282 e. The van der Waals surface area contributed by atoms with E-state index in [4.69, 9.17) is 16.6 Å². The van der Waals surface area contributed by atoms with Crippen molar-refractivity contribution in [2.24, 2.45) is 0 Å². The molecule has 1 aromatic heterocycles. The largest absolute Gasteiger partial charge is 0.436 e. The van der Waals surface area contributed by atoms with Gasteiger partial charge in [-0.3, -0.25) is 20.2 Å². The lowest BCUT2D eigenvalue weighted by molar-refractivity contribution is -0.385. The molecule has 0 unspecified atom stereocenters. The van der Waals surface area contributed by atoms with Crippen molar-refractivity contribution in [3.8, 4) is 11.5 Å². The first-order valence-corrected chi connectivity index (χ1v) is 10.5. The van der Waals surface area contributed by atoms with Crippen molar-refractivity contribution in [3.63, 3.8) is 0 Å². The Balaban J connectivity index is 1.56. The summed E-state index contributed by atoms with van der Waals surface area (Å²) >= 11 is 5.27. The van der Waals surface area contributed by atoms with Gasteiger partial charge in [0, 0.05) is 17.3 Å². The zero-order valence-corrected chi connectivity index (χ0v) is 18.9. The summed E-state index contributed by atoms with van der Waals surface area (Å²) in [6.07, 6.45) is 0. The molecule has 4 aromatic rings. The number of thiocarbonyl (C=S) groups is 1. The molecule has 0 bridgehead atoms. The summed E-state index contributed by atoms with van der Waals surface area (Å²) in [5, 5.41) is 16.7. The maximum absolute atomic E-state index is 12.5. The summed E-state index contributed by atoms with van der Waals surface area (Å²) in [6, 6.07) is 15.3. The van der Waals surface area contributed by atoms with Crippen LogP contribution in [-0.2, 0) is 0 Å². The molecular formula is C24H20N4O4S. The molecule has 33 heavy (non-hydrogen) atoms.